The first-order valence-electron chi connectivity index (χ1n) is 6.33. The lowest BCUT2D eigenvalue weighted by Crippen LogP contribution is -2.18. The Labute approximate surface area is 91.6 Å². The van der Waals surface area contributed by atoms with Gasteiger partial charge in [0.05, 0.1) is 0 Å². The lowest BCUT2D eigenvalue weighted by atomic mass is 10.0. The molecule has 1 aliphatic rings. The van der Waals surface area contributed by atoms with Gasteiger partial charge in [-0.2, -0.15) is 0 Å². The van der Waals surface area contributed by atoms with E-state index in [-0.39, 0.29) is 0 Å². The highest BCUT2D eigenvalue weighted by molar-refractivity contribution is 7.58. The van der Waals surface area contributed by atoms with Crippen molar-refractivity contribution in [3.05, 3.63) is 0 Å². The fourth-order valence-corrected chi connectivity index (χ4v) is 6.26. The fourth-order valence-electron chi connectivity index (χ4n) is 2.58. The molecule has 0 amide bonds. The van der Waals surface area contributed by atoms with Crippen LogP contribution in [0.25, 0.3) is 0 Å². The van der Waals surface area contributed by atoms with Gasteiger partial charge in [0.1, 0.15) is 0 Å². The van der Waals surface area contributed by atoms with Crippen molar-refractivity contribution in [2.45, 2.75) is 59.0 Å². The average molecular weight is 214 g/mol. The molecule has 0 aromatic rings. The molecule has 1 aliphatic heterocycles. The Morgan fingerprint density at radius 1 is 1.07 bits per heavy atom. The summed E-state index contributed by atoms with van der Waals surface area (Å²) < 4.78 is 0. The molecule has 2 atom stereocenters. The van der Waals surface area contributed by atoms with Gasteiger partial charge in [0, 0.05) is 0 Å². The van der Waals surface area contributed by atoms with Gasteiger partial charge in [0.25, 0.3) is 0 Å². The number of rotatable bonds is 4. The van der Waals surface area contributed by atoms with E-state index < -0.39 is 0 Å². The fraction of sp³-hybridized carbons (Fsp3) is 1.00. The third kappa shape index (κ3) is 4.30. The van der Waals surface area contributed by atoms with E-state index in [1.54, 1.807) is 6.16 Å². The Morgan fingerprint density at radius 3 is 2.36 bits per heavy atom. The van der Waals surface area contributed by atoms with Gasteiger partial charge in [-0.25, -0.2) is 0 Å². The van der Waals surface area contributed by atoms with Gasteiger partial charge in [0.15, 0.2) is 0 Å². The first-order chi connectivity index (χ1) is 6.59. The van der Waals surface area contributed by atoms with E-state index in [4.69, 9.17) is 0 Å². The SMILES string of the molecule is CC(C)CC1CCCCP1CC(C)C. The predicted octanol–water partition coefficient (Wildman–Crippen LogP) is 4.72. The Morgan fingerprint density at radius 2 is 1.79 bits per heavy atom. The Kier molecular flexibility index (Phi) is 5.45. The summed E-state index contributed by atoms with van der Waals surface area (Å²) in [6, 6.07) is 0. The molecule has 0 bridgehead atoms. The van der Waals surface area contributed by atoms with Crippen LogP contribution in [0.5, 0.6) is 0 Å². The van der Waals surface area contributed by atoms with Crippen molar-refractivity contribution in [3.63, 3.8) is 0 Å². The molecular formula is C13H27P. The van der Waals surface area contributed by atoms with Crippen LogP contribution in [0.15, 0.2) is 0 Å². The number of hydrogen-bond donors (Lipinski definition) is 0. The van der Waals surface area contributed by atoms with Gasteiger partial charge >= 0.3 is 0 Å². The van der Waals surface area contributed by atoms with Crippen molar-refractivity contribution in [3.8, 4) is 0 Å². The predicted molar refractivity (Wildman–Crippen MR) is 68.6 cm³/mol. The minimum atomic E-state index is 0.393. The summed E-state index contributed by atoms with van der Waals surface area (Å²) in [4.78, 5) is 0. The summed E-state index contributed by atoms with van der Waals surface area (Å²) in [6.07, 6.45) is 9.17. The van der Waals surface area contributed by atoms with Crippen LogP contribution in [-0.4, -0.2) is 18.0 Å². The second-order valence-electron chi connectivity index (χ2n) is 5.67. The highest BCUT2D eigenvalue weighted by Gasteiger charge is 2.25. The highest BCUT2D eigenvalue weighted by atomic mass is 31.1. The zero-order valence-electron chi connectivity index (χ0n) is 10.4. The smallest absolute Gasteiger partial charge is 0.0207 e. The molecule has 1 saturated heterocycles. The molecule has 0 nitrogen and oxygen atoms in total. The maximum Gasteiger partial charge on any atom is -0.0207 e. The molecule has 0 aliphatic carbocycles. The Hall–Kier alpha value is 0.430. The van der Waals surface area contributed by atoms with Gasteiger partial charge in [-0.05, 0) is 49.1 Å². The Bertz CT molecular complexity index is 133. The first kappa shape index (κ1) is 12.5. The first-order valence-corrected chi connectivity index (χ1v) is 8.11. The maximum absolute atomic E-state index is 2.39. The monoisotopic (exact) mass is 214 g/mol. The van der Waals surface area contributed by atoms with Crippen LogP contribution in [-0.2, 0) is 0 Å². The largest absolute Gasteiger partial charge is 0.103 e. The van der Waals surface area contributed by atoms with Crippen molar-refractivity contribution in [2.75, 3.05) is 12.3 Å². The zero-order valence-corrected chi connectivity index (χ0v) is 11.3. The van der Waals surface area contributed by atoms with Crippen molar-refractivity contribution < 1.29 is 0 Å². The molecule has 84 valence electrons. The third-order valence-corrected chi connectivity index (χ3v) is 6.68. The molecule has 14 heavy (non-hydrogen) atoms. The maximum atomic E-state index is 2.39. The second kappa shape index (κ2) is 6.11. The molecule has 1 heteroatoms. The summed E-state index contributed by atoms with van der Waals surface area (Å²) in [5.74, 6) is 1.84. The van der Waals surface area contributed by atoms with Crippen molar-refractivity contribution in [1.29, 1.82) is 0 Å². The standard InChI is InChI=1S/C13H27P/c1-11(2)9-13-7-5-6-8-14(13)10-12(3)4/h11-13H,5-10H2,1-4H3. The normalized spacial score (nSPS) is 28.7. The van der Waals surface area contributed by atoms with Crippen LogP contribution in [0.3, 0.4) is 0 Å². The van der Waals surface area contributed by atoms with Gasteiger partial charge in [0.2, 0.25) is 0 Å². The molecule has 0 N–H and O–H groups in total. The number of hydrogen-bond acceptors (Lipinski definition) is 0. The molecule has 2 unspecified atom stereocenters. The van der Waals surface area contributed by atoms with E-state index in [1.807, 2.05) is 0 Å². The minimum absolute atomic E-state index is 0.393. The van der Waals surface area contributed by atoms with E-state index >= 15 is 0 Å². The van der Waals surface area contributed by atoms with Gasteiger partial charge in [-0.3, -0.25) is 0 Å². The van der Waals surface area contributed by atoms with E-state index in [2.05, 4.69) is 27.7 Å². The molecule has 0 radical (unpaired) electrons. The summed E-state index contributed by atoms with van der Waals surface area (Å²) >= 11 is 0. The zero-order chi connectivity index (χ0) is 10.6. The van der Waals surface area contributed by atoms with E-state index in [0.29, 0.717) is 7.92 Å². The molecule has 0 spiro atoms. The third-order valence-electron chi connectivity index (χ3n) is 3.09. The lowest BCUT2D eigenvalue weighted by molar-refractivity contribution is 0.517. The van der Waals surface area contributed by atoms with E-state index in [1.165, 1.54) is 31.8 Å². The second-order valence-corrected chi connectivity index (χ2v) is 8.39. The van der Waals surface area contributed by atoms with Gasteiger partial charge in [-0.1, -0.05) is 34.1 Å². The molecular weight excluding hydrogens is 187 g/mol. The van der Waals surface area contributed by atoms with E-state index in [0.717, 1.165) is 17.5 Å². The van der Waals surface area contributed by atoms with Crippen LogP contribution < -0.4 is 0 Å². The molecule has 1 heterocycles. The minimum Gasteiger partial charge on any atom is -0.103 e. The van der Waals surface area contributed by atoms with Crippen LogP contribution in [0.1, 0.15) is 53.4 Å². The average Bonchev–Trinajstić information content (AvgIpc) is 2.06. The van der Waals surface area contributed by atoms with Crippen molar-refractivity contribution in [2.24, 2.45) is 11.8 Å². The molecule has 0 aromatic heterocycles. The highest BCUT2D eigenvalue weighted by Crippen LogP contribution is 2.51. The van der Waals surface area contributed by atoms with Crippen molar-refractivity contribution >= 4 is 7.92 Å². The molecule has 1 fully saturated rings. The van der Waals surface area contributed by atoms with Crippen LogP contribution in [0.2, 0.25) is 0 Å². The summed E-state index contributed by atoms with van der Waals surface area (Å²) in [7, 11) is 0.393. The molecule has 0 saturated carbocycles. The Balaban J connectivity index is 2.41. The summed E-state index contributed by atoms with van der Waals surface area (Å²) in [6.45, 7) is 9.56. The van der Waals surface area contributed by atoms with Crippen LogP contribution in [0.4, 0.5) is 0 Å². The van der Waals surface area contributed by atoms with Crippen LogP contribution in [0, 0.1) is 11.8 Å². The van der Waals surface area contributed by atoms with Gasteiger partial charge < -0.3 is 0 Å². The van der Waals surface area contributed by atoms with E-state index in [9.17, 15) is 0 Å². The lowest BCUT2D eigenvalue weighted by Gasteiger charge is -2.34. The van der Waals surface area contributed by atoms with Crippen molar-refractivity contribution in [1.82, 2.24) is 0 Å². The topological polar surface area (TPSA) is 0 Å². The summed E-state index contributed by atoms with van der Waals surface area (Å²) in [5, 5.41) is 0. The van der Waals surface area contributed by atoms with Gasteiger partial charge in [-0.15, -0.1) is 7.92 Å². The molecule has 0 aromatic carbocycles. The molecule has 1 rings (SSSR count). The van der Waals surface area contributed by atoms with Crippen LogP contribution >= 0.6 is 7.92 Å². The summed E-state index contributed by atoms with van der Waals surface area (Å²) in [5.41, 5.74) is 1.11. The quantitative estimate of drug-likeness (QED) is 0.594.